The minimum Gasteiger partial charge on any atom is -0.286 e. The average Bonchev–Trinajstić information content (AvgIpc) is 2.19. The first-order valence-electron chi connectivity index (χ1n) is 6.12. The second-order valence-electron chi connectivity index (χ2n) is 6.34. The summed E-state index contributed by atoms with van der Waals surface area (Å²) in [4.78, 5) is 23.6. The highest BCUT2D eigenvalue weighted by Gasteiger charge is 2.33. The van der Waals surface area contributed by atoms with E-state index in [9.17, 15) is 9.59 Å². The molecule has 0 heterocycles. The van der Waals surface area contributed by atoms with Gasteiger partial charge in [0.15, 0.2) is 0 Å². The fourth-order valence-corrected chi connectivity index (χ4v) is 1.75. The van der Waals surface area contributed by atoms with E-state index < -0.39 is 0 Å². The minimum absolute atomic E-state index is 0.0626. The Morgan fingerprint density at radius 2 is 1.53 bits per heavy atom. The molecule has 1 aliphatic rings. The maximum atomic E-state index is 11.9. The lowest BCUT2D eigenvalue weighted by atomic mass is 9.73. The summed E-state index contributed by atoms with van der Waals surface area (Å²) in [5.74, 6) is -0.734. The predicted molar refractivity (Wildman–Crippen MR) is 69.7 cm³/mol. The Bertz CT molecular complexity index is 415. The van der Waals surface area contributed by atoms with Crippen LogP contribution in [0.1, 0.15) is 48.0 Å². The average molecular weight is 234 g/mol. The van der Waals surface area contributed by atoms with Gasteiger partial charge in [0.1, 0.15) is 0 Å². The second kappa shape index (κ2) is 4.25. The molecule has 0 amide bonds. The van der Waals surface area contributed by atoms with E-state index in [4.69, 9.17) is 0 Å². The Kier molecular flexibility index (Phi) is 3.47. The molecule has 0 saturated heterocycles. The van der Waals surface area contributed by atoms with Crippen molar-refractivity contribution in [3.05, 3.63) is 23.3 Å². The van der Waals surface area contributed by atoms with Crippen molar-refractivity contribution in [1.29, 1.82) is 0 Å². The number of hydrogen-bond donors (Lipinski definition) is 0. The molecule has 0 radical (unpaired) electrons. The molecule has 0 aromatic rings. The first kappa shape index (κ1) is 13.9. The van der Waals surface area contributed by atoms with E-state index >= 15 is 0 Å². The summed E-state index contributed by atoms with van der Waals surface area (Å²) in [6.45, 7) is 12.2. The summed E-state index contributed by atoms with van der Waals surface area (Å²) in [6.07, 6.45) is 4.35. The van der Waals surface area contributed by atoms with Crippen molar-refractivity contribution in [2.24, 2.45) is 10.8 Å². The summed E-state index contributed by atoms with van der Waals surface area (Å²) in [7, 11) is 0. The van der Waals surface area contributed by atoms with Crippen molar-refractivity contribution in [3.63, 3.8) is 0 Å². The lowest BCUT2D eigenvalue weighted by Gasteiger charge is -2.30. The van der Waals surface area contributed by atoms with Gasteiger partial charge in [-0.05, 0) is 28.9 Å². The van der Waals surface area contributed by atoms with Crippen molar-refractivity contribution in [1.82, 2.24) is 0 Å². The molecule has 2 heteroatoms. The third kappa shape index (κ3) is 2.74. The van der Waals surface area contributed by atoms with Gasteiger partial charge in [-0.3, -0.25) is 9.59 Å². The van der Waals surface area contributed by atoms with Crippen LogP contribution >= 0.6 is 0 Å². The summed E-state index contributed by atoms with van der Waals surface area (Å²) < 4.78 is 0. The van der Waals surface area contributed by atoms with E-state index in [-0.39, 0.29) is 22.4 Å². The zero-order chi connectivity index (χ0) is 13.4. The van der Waals surface area contributed by atoms with Gasteiger partial charge in [0.25, 0.3) is 0 Å². The molecule has 0 N–H and O–H groups in total. The van der Waals surface area contributed by atoms with Crippen molar-refractivity contribution < 1.29 is 9.59 Å². The SMILES string of the molecule is CCC(C)(C)C1=CC(=O)C(=O)C(C(C)(C)C)=C1. The Morgan fingerprint density at radius 1 is 1.00 bits per heavy atom. The molecule has 1 rings (SSSR count). The quantitative estimate of drug-likeness (QED) is 0.541. The van der Waals surface area contributed by atoms with E-state index in [0.717, 1.165) is 12.0 Å². The normalized spacial score (nSPS) is 18.0. The fraction of sp³-hybridized carbons (Fsp3) is 0.600. The van der Waals surface area contributed by atoms with Crippen molar-refractivity contribution in [2.45, 2.75) is 48.0 Å². The molecule has 0 aromatic heterocycles. The summed E-state index contributed by atoms with van der Waals surface area (Å²) in [5.41, 5.74) is 1.25. The molecule has 0 aromatic carbocycles. The van der Waals surface area contributed by atoms with Crippen molar-refractivity contribution >= 4 is 11.6 Å². The molecule has 0 bridgehead atoms. The van der Waals surface area contributed by atoms with Crippen LogP contribution in [0.5, 0.6) is 0 Å². The van der Waals surface area contributed by atoms with Gasteiger partial charge < -0.3 is 0 Å². The van der Waals surface area contributed by atoms with Gasteiger partial charge in [-0.25, -0.2) is 0 Å². The molecule has 17 heavy (non-hydrogen) atoms. The molecular weight excluding hydrogens is 212 g/mol. The van der Waals surface area contributed by atoms with E-state index in [1.165, 1.54) is 6.08 Å². The van der Waals surface area contributed by atoms with Gasteiger partial charge in [0.05, 0.1) is 0 Å². The number of ketones is 2. The first-order chi connectivity index (χ1) is 7.59. The maximum absolute atomic E-state index is 11.9. The standard InChI is InChI=1S/C15H22O2/c1-7-15(5,6)10-8-11(14(2,3)4)13(17)12(16)9-10/h8-9H,7H2,1-6H3. The summed E-state index contributed by atoms with van der Waals surface area (Å²) in [5, 5.41) is 0. The molecule has 0 spiro atoms. The molecule has 0 aliphatic heterocycles. The molecule has 1 aliphatic carbocycles. The third-order valence-corrected chi connectivity index (χ3v) is 3.53. The minimum atomic E-state index is -0.381. The van der Waals surface area contributed by atoms with Gasteiger partial charge in [0.2, 0.25) is 11.6 Å². The zero-order valence-electron chi connectivity index (χ0n) is 11.7. The van der Waals surface area contributed by atoms with Gasteiger partial charge >= 0.3 is 0 Å². The summed E-state index contributed by atoms with van der Waals surface area (Å²) >= 11 is 0. The second-order valence-corrected chi connectivity index (χ2v) is 6.34. The van der Waals surface area contributed by atoms with Crippen LogP contribution in [0.15, 0.2) is 23.3 Å². The molecule has 0 atom stereocenters. The smallest absolute Gasteiger partial charge is 0.229 e. The van der Waals surface area contributed by atoms with Gasteiger partial charge in [-0.15, -0.1) is 0 Å². The fourth-order valence-electron chi connectivity index (χ4n) is 1.75. The van der Waals surface area contributed by atoms with Crippen LogP contribution in [0.3, 0.4) is 0 Å². The summed E-state index contributed by atoms with van der Waals surface area (Å²) in [6, 6.07) is 0. The van der Waals surface area contributed by atoms with Crippen LogP contribution in [0.25, 0.3) is 0 Å². The number of carbonyl (C=O) groups excluding carboxylic acids is 2. The lowest BCUT2D eigenvalue weighted by molar-refractivity contribution is -0.132. The third-order valence-electron chi connectivity index (χ3n) is 3.53. The topological polar surface area (TPSA) is 34.1 Å². The highest BCUT2D eigenvalue weighted by Crippen LogP contribution is 2.37. The molecule has 0 fully saturated rings. The maximum Gasteiger partial charge on any atom is 0.229 e. The van der Waals surface area contributed by atoms with E-state index in [0.29, 0.717) is 5.57 Å². The van der Waals surface area contributed by atoms with Crippen molar-refractivity contribution in [3.8, 4) is 0 Å². The Balaban J connectivity index is 3.29. The monoisotopic (exact) mass is 234 g/mol. The van der Waals surface area contributed by atoms with Gasteiger partial charge in [-0.2, -0.15) is 0 Å². The Labute approximate surface area is 104 Å². The lowest BCUT2D eigenvalue weighted by Crippen LogP contribution is -2.29. The van der Waals surface area contributed by atoms with Crippen LogP contribution in [0, 0.1) is 10.8 Å². The van der Waals surface area contributed by atoms with Crippen LogP contribution in [0.2, 0.25) is 0 Å². The molecule has 94 valence electrons. The number of rotatable bonds is 2. The Hall–Kier alpha value is -1.18. The van der Waals surface area contributed by atoms with Crippen LogP contribution < -0.4 is 0 Å². The first-order valence-corrected chi connectivity index (χ1v) is 6.12. The molecule has 0 unspecified atom stereocenters. The van der Waals surface area contributed by atoms with Gasteiger partial charge in [-0.1, -0.05) is 47.6 Å². The number of hydrogen-bond acceptors (Lipinski definition) is 2. The largest absolute Gasteiger partial charge is 0.286 e. The zero-order valence-corrected chi connectivity index (χ0v) is 11.7. The van der Waals surface area contributed by atoms with Crippen LogP contribution in [-0.2, 0) is 9.59 Å². The van der Waals surface area contributed by atoms with E-state index in [2.05, 4.69) is 20.8 Å². The van der Waals surface area contributed by atoms with Crippen LogP contribution in [-0.4, -0.2) is 11.6 Å². The number of carbonyl (C=O) groups is 2. The molecule has 0 saturated carbocycles. The van der Waals surface area contributed by atoms with Crippen LogP contribution in [0.4, 0.5) is 0 Å². The number of Topliss-reactive ketones (excluding diaryl/α,β-unsaturated/α-hetero) is 1. The predicted octanol–water partition coefficient (Wildman–Crippen LogP) is 3.47. The number of allylic oxidation sites excluding steroid dienone is 4. The highest BCUT2D eigenvalue weighted by molar-refractivity contribution is 6.48. The molecular formula is C15H22O2. The van der Waals surface area contributed by atoms with E-state index in [1.807, 2.05) is 26.8 Å². The van der Waals surface area contributed by atoms with Crippen molar-refractivity contribution in [2.75, 3.05) is 0 Å². The highest BCUT2D eigenvalue weighted by atomic mass is 16.2. The molecule has 2 nitrogen and oxygen atoms in total. The van der Waals surface area contributed by atoms with E-state index in [1.54, 1.807) is 0 Å². The Morgan fingerprint density at radius 3 is 1.94 bits per heavy atom. The van der Waals surface area contributed by atoms with Gasteiger partial charge in [0, 0.05) is 5.57 Å².